The summed E-state index contributed by atoms with van der Waals surface area (Å²) in [7, 11) is 0. The molecule has 0 spiro atoms. The Labute approximate surface area is 127 Å². The van der Waals surface area contributed by atoms with Crippen molar-refractivity contribution in [3.8, 4) is 11.5 Å². The van der Waals surface area contributed by atoms with Crippen LogP contribution in [0.1, 0.15) is 11.3 Å². The Morgan fingerprint density at radius 2 is 2.09 bits per heavy atom. The topological polar surface area (TPSA) is 56.6 Å². The molecule has 2 aliphatic heterocycles. The maximum atomic E-state index is 12.3. The zero-order valence-electron chi connectivity index (χ0n) is 11.9. The van der Waals surface area contributed by atoms with E-state index in [0.717, 1.165) is 29.3 Å². The van der Waals surface area contributed by atoms with Crippen molar-refractivity contribution in [1.82, 2.24) is 14.7 Å². The van der Waals surface area contributed by atoms with Crippen molar-refractivity contribution in [2.75, 3.05) is 13.3 Å². The number of benzene rings is 1. The molecule has 6 nitrogen and oxygen atoms in total. The van der Waals surface area contributed by atoms with Crippen molar-refractivity contribution in [3.63, 3.8) is 0 Å². The molecule has 0 bridgehead atoms. The Morgan fingerprint density at radius 1 is 1.18 bits per heavy atom. The second-order valence-corrected chi connectivity index (χ2v) is 5.25. The van der Waals surface area contributed by atoms with Crippen LogP contribution in [0.3, 0.4) is 0 Å². The van der Waals surface area contributed by atoms with Gasteiger partial charge < -0.3 is 14.4 Å². The fraction of sp³-hybridized carbons (Fsp3) is 0.250. The largest absolute Gasteiger partial charge is 0.454 e. The summed E-state index contributed by atoms with van der Waals surface area (Å²) in [5.74, 6) is 1.47. The lowest BCUT2D eigenvalue weighted by Gasteiger charge is -2.26. The van der Waals surface area contributed by atoms with Crippen molar-refractivity contribution >= 4 is 12.0 Å². The molecule has 0 unspecified atom stereocenters. The Kier molecular flexibility index (Phi) is 3.07. The van der Waals surface area contributed by atoms with Crippen molar-refractivity contribution in [2.24, 2.45) is 0 Å². The first-order valence-electron chi connectivity index (χ1n) is 7.17. The Balaban J connectivity index is 1.46. The molecule has 1 amide bonds. The molecule has 0 atom stereocenters. The Hall–Kier alpha value is -2.76. The SMILES string of the molecule is O=C(C=Cc1ccc2c(c1)OCO2)N1CCn2nccc2C1. The number of nitrogens with zero attached hydrogens (tertiary/aromatic N) is 3. The van der Waals surface area contributed by atoms with Crippen LogP contribution in [0, 0.1) is 0 Å². The lowest BCUT2D eigenvalue weighted by atomic mass is 10.2. The van der Waals surface area contributed by atoms with Crippen molar-refractivity contribution in [3.05, 3.63) is 47.8 Å². The molecule has 0 N–H and O–H groups in total. The van der Waals surface area contributed by atoms with E-state index < -0.39 is 0 Å². The minimum Gasteiger partial charge on any atom is -0.454 e. The van der Waals surface area contributed by atoms with E-state index in [-0.39, 0.29) is 12.7 Å². The molecular weight excluding hydrogens is 282 g/mol. The van der Waals surface area contributed by atoms with Crippen LogP contribution >= 0.6 is 0 Å². The molecule has 4 rings (SSSR count). The number of amides is 1. The highest BCUT2D eigenvalue weighted by Crippen LogP contribution is 2.32. The minimum absolute atomic E-state index is 0.00474. The highest BCUT2D eigenvalue weighted by atomic mass is 16.7. The van der Waals surface area contributed by atoms with E-state index in [0.29, 0.717) is 13.1 Å². The molecule has 112 valence electrons. The molecule has 2 aromatic rings. The first kappa shape index (κ1) is 12.9. The number of rotatable bonds is 2. The van der Waals surface area contributed by atoms with Gasteiger partial charge in [0.15, 0.2) is 11.5 Å². The average Bonchev–Trinajstić information content (AvgIpc) is 3.19. The Morgan fingerprint density at radius 3 is 3.05 bits per heavy atom. The van der Waals surface area contributed by atoms with E-state index in [1.807, 2.05) is 33.8 Å². The van der Waals surface area contributed by atoms with Crippen LogP contribution in [-0.4, -0.2) is 33.9 Å². The Bertz CT molecular complexity index is 751. The third-order valence-electron chi connectivity index (χ3n) is 3.87. The van der Waals surface area contributed by atoms with E-state index in [9.17, 15) is 4.79 Å². The van der Waals surface area contributed by atoms with Gasteiger partial charge in [-0.05, 0) is 29.8 Å². The first-order chi connectivity index (χ1) is 10.8. The van der Waals surface area contributed by atoms with Gasteiger partial charge in [0.05, 0.1) is 18.8 Å². The summed E-state index contributed by atoms with van der Waals surface area (Å²) in [5, 5.41) is 4.21. The molecule has 0 radical (unpaired) electrons. The highest BCUT2D eigenvalue weighted by Gasteiger charge is 2.19. The number of ether oxygens (including phenoxy) is 2. The number of hydrogen-bond donors (Lipinski definition) is 0. The van der Waals surface area contributed by atoms with Gasteiger partial charge in [-0.25, -0.2) is 0 Å². The summed E-state index contributed by atoms with van der Waals surface area (Å²) >= 11 is 0. The van der Waals surface area contributed by atoms with Gasteiger partial charge in [-0.3, -0.25) is 9.48 Å². The molecule has 0 saturated carbocycles. The van der Waals surface area contributed by atoms with Crippen LogP contribution in [0.2, 0.25) is 0 Å². The van der Waals surface area contributed by atoms with Gasteiger partial charge in [0, 0.05) is 18.8 Å². The summed E-state index contributed by atoms with van der Waals surface area (Å²) in [4.78, 5) is 14.1. The van der Waals surface area contributed by atoms with Gasteiger partial charge in [0.1, 0.15) is 0 Å². The monoisotopic (exact) mass is 297 g/mol. The van der Waals surface area contributed by atoms with E-state index in [4.69, 9.17) is 9.47 Å². The molecule has 0 aliphatic carbocycles. The molecule has 22 heavy (non-hydrogen) atoms. The molecule has 6 heteroatoms. The predicted molar refractivity (Wildman–Crippen MR) is 79.2 cm³/mol. The van der Waals surface area contributed by atoms with E-state index in [1.165, 1.54) is 0 Å². The number of hydrogen-bond acceptors (Lipinski definition) is 4. The average molecular weight is 297 g/mol. The van der Waals surface area contributed by atoms with Crippen LogP contribution < -0.4 is 9.47 Å². The highest BCUT2D eigenvalue weighted by molar-refractivity contribution is 5.91. The molecular formula is C16H15N3O3. The van der Waals surface area contributed by atoms with E-state index in [1.54, 1.807) is 18.3 Å². The third kappa shape index (κ3) is 2.32. The minimum atomic E-state index is 0.00474. The quantitative estimate of drug-likeness (QED) is 0.791. The van der Waals surface area contributed by atoms with Gasteiger partial charge >= 0.3 is 0 Å². The second kappa shape index (κ2) is 5.22. The van der Waals surface area contributed by atoms with Gasteiger partial charge in [0.2, 0.25) is 12.7 Å². The number of carbonyl (C=O) groups excluding carboxylic acids is 1. The number of carbonyl (C=O) groups is 1. The van der Waals surface area contributed by atoms with Crippen LogP contribution in [-0.2, 0) is 17.9 Å². The van der Waals surface area contributed by atoms with E-state index in [2.05, 4.69) is 5.10 Å². The molecule has 1 aromatic carbocycles. The van der Waals surface area contributed by atoms with Crippen molar-refractivity contribution in [2.45, 2.75) is 13.1 Å². The molecule has 0 saturated heterocycles. The third-order valence-corrected chi connectivity index (χ3v) is 3.87. The standard InChI is InChI=1S/C16H15N3O3/c20-16(18-7-8-19-13(10-18)5-6-17-19)4-2-12-1-3-14-15(9-12)22-11-21-14/h1-6,9H,7-8,10-11H2. The smallest absolute Gasteiger partial charge is 0.246 e. The van der Waals surface area contributed by atoms with Gasteiger partial charge in [-0.2, -0.15) is 5.10 Å². The van der Waals surface area contributed by atoms with Crippen LogP contribution in [0.4, 0.5) is 0 Å². The summed E-state index contributed by atoms with van der Waals surface area (Å²) in [6, 6.07) is 7.58. The van der Waals surface area contributed by atoms with Crippen LogP contribution in [0.15, 0.2) is 36.5 Å². The van der Waals surface area contributed by atoms with E-state index >= 15 is 0 Å². The van der Waals surface area contributed by atoms with Gasteiger partial charge in [-0.1, -0.05) is 6.07 Å². The maximum absolute atomic E-state index is 12.3. The lowest BCUT2D eigenvalue weighted by Crippen LogP contribution is -2.37. The van der Waals surface area contributed by atoms with Crippen molar-refractivity contribution < 1.29 is 14.3 Å². The molecule has 0 fully saturated rings. The summed E-state index contributed by atoms with van der Waals surface area (Å²) in [6.45, 7) is 2.28. The zero-order valence-corrected chi connectivity index (χ0v) is 11.9. The van der Waals surface area contributed by atoms with Crippen molar-refractivity contribution in [1.29, 1.82) is 0 Å². The van der Waals surface area contributed by atoms with Crippen LogP contribution in [0.5, 0.6) is 11.5 Å². The molecule has 3 heterocycles. The predicted octanol–water partition coefficient (Wildman–Crippen LogP) is 1.67. The first-order valence-corrected chi connectivity index (χ1v) is 7.17. The summed E-state index contributed by atoms with van der Waals surface area (Å²) in [6.07, 6.45) is 5.17. The normalized spacial score (nSPS) is 16.1. The summed E-state index contributed by atoms with van der Waals surface area (Å²) < 4.78 is 12.5. The zero-order chi connectivity index (χ0) is 14.9. The maximum Gasteiger partial charge on any atom is 0.246 e. The fourth-order valence-electron chi connectivity index (χ4n) is 2.66. The number of fused-ring (bicyclic) bond motifs is 2. The summed E-state index contributed by atoms with van der Waals surface area (Å²) in [5.41, 5.74) is 1.98. The number of aromatic nitrogens is 2. The van der Waals surface area contributed by atoms with Gasteiger partial charge in [0.25, 0.3) is 0 Å². The van der Waals surface area contributed by atoms with Crippen LogP contribution in [0.25, 0.3) is 6.08 Å². The van der Waals surface area contributed by atoms with Gasteiger partial charge in [-0.15, -0.1) is 0 Å². The fourth-order valence-corrected chi connectivity index (χ4v) is 2.66. The molecule has 1 aromatic heterocycles. The lowest BCUT2D eigenvalue weighted by molar-refractivity contribution is -0.127. The molecule has 2 aliphatic rings. The second-order valence-electron chi connectivity index (χ2n) is 5.25.